The van der Waals surface area contributed by atoms with E-state index in [-0.39, 0.29) is 24.8 Å². The van der Waals surface area contributed by atoms with Gasteiger partial charge < -0.3 is 23.2 Å². The zero-order chi connectivity index (χ0) is 29.1. The molecule has 2 bridgehead atoms. The van der Waals surface area contributed by atoms with Gasteiger partial charge >= 0.3 is 13.5 Å². The van der Waals surface area contributed by atoms with Gasteiger partial charge in [-0.2, -0.15) is 4.99 Å². The van der Waals surface area contributed by atoms with Crippen LogP contribution in [0.15, 0.2) is 22.2 Å². The van der Waals surface area contributed by atoms with E-state index < -0.39 is 69.2 Å². The molecular formula is C19H20ClFN8O8P2S2. The van der Waals surface area contributed by atoms with E-state index in [4.69, 9.17) is 51.6 Å². The fraction of sp³-hybridized carbons (Fsp3) is 0.474. The third-order valence-corrected chi connectivity index (χ3v) is 9.74. The Morgan fingerprint density at radius 2 is 2.15 bits per heavy atom. The molecule has 0 radical (unpaired) electrons. The van der Waals surface area contributed by atoms with Crippen LogP contribution >= 0.6 is 37.4 Å². The van der Waals surface area contributed by atoms with Crippen molar-refractivity contribution in [2.45, 2.75) is 43.8 Å². The van der Waals surface area contributed by atoms with E-state index in [2.05, 4.69) is 37.5 Å². The van der Waals surface area contributed by atoms with E-state index in [0.29, 0.717) is 16.2 Å². The van der Waals surface area contributed by atoms with Crippen LogP contribution in [0.3, 0.4) is 0 Å². The SMILES string of the molecule is N=C1N=C2C(N=CN2[C@H]2O[C@@H]3COP(O)(=S)OCCn4c(nc5cc(Cl)cnc54)COP(=O)(S)O[C@@H]2[C@H]3F)C(=O)N1. The molecule has 1 saturated heterocycles. The Balaban J connectivity index is 1.33. The van der Waals surface area contributed by atoms with Gasteiger partial charge in [-0.1, -0.05) is 23.8 Å². The molecule has 0 spiro atoms. The Kier molecular flexibility index (Phi) is 7.82. The molecule has 6 rings (SSSR count). The van der Waals surface area contributed by atoms with Gasteiger partial charge in [0.1, 0.15) is 30.2 Å². The summed E-state index contributed by atoms with van der Waals surface area (Å²) in [6.07, 6.45) is -3.91. The number of hydrogen-bond donors (Lipinski definition) is 4. The van der Waals surface area contributed by atoms with Crippen LogP contribution < -0.4 is 5.32 Å². The second-order valence-electron chi connectivity index (χ2n) is 8.98. The number of fused-ring (bicyclic) bond motifs is 6. The highest BCUT2D eigenvalue weighted by Gasteiger charge is 2.54. The van der Waals surface area contributed by atoms with Crippen LogP contribution in [0.25, 0.3) is 11.2 Å². The lowest BCUT2D eigenvalue weighted by molar-refractivity contribution is -0.119. The molecule has 4 aliphatic rings. The largest absolute Gasteiger partial charge is 0.387 e. The number of amidine groups is 1. The number of aromatic nitrogens is 3. The third-order valence-electron chi connectivity index (χ3n) is 6.32. The summed E-state index contributed by atoms with van der Waals surface area (Å²) in [6.45, 7) is -9.25. The van der Waals surface area contributed by atoms with Gasteiger partial charge in [0.25, 0.3) is 5.91 Å². The highest BCUT2D eigenvalue weighted by Crippen LogP contribution is 2.57. The Hall–Kier alpha value is -1.89. The van der Waals surface area contributed by atoms with Crippen LogP contribution in [-0.4, -0.2) is 92.2 Å². The number of amides is 1. The number of halogens is 2. The summed E-state index contributed by atoms with van der Waals surface area (Å²) in [5.41, 5.74) is 0.790. The number of nitrogens with zero attached hydrogens (tertiary/aromatic N) is 6. The van der Waals surface area contributed by atoms with Gasteiger partial charge in [-0.3, -0.25) is 34.5 Å². The second kappa shape index (κ2) is 11.0. The summed E-state index contributed by atoms with van der Waals surface area (Å²) in [4.78, 5) is 40.8. The van der Waals surface area contributed by atoms with Crippen LogP contribution in [0.1, 0.15) is 5.82 Å². The van der Waals surface area contributed by atoms with Gasteiger partial charge in [0.2, 0.25) is 5.96 Å². The smallest absolute Gasteiger partial charge is 0.346 e. The number of imidazole rings is 1. The Morgan fingerprint density at radius 1 is 1.34 bits per heavy atom. The number of pyridine rings is 1. The summed E-state index contributed by atoms with van der Waals surface area (Å²) >= 11 is 15.2. The normalized spacial score (nSPS) is 36.3. The summed E-state index contributed by atoms with van der Waals surface area (Å²) in [7, 11) is 0. The fourth-order valence-corrected chi connectivity index (χ4v) is 7.20. The molecule has 3 unspecified atom stereocenters. The molecule has 4 aliphatic heterocycles. The molecule has 41 heavy (non-hydrogen) atoms. The lowest BCUT2D eigenvalue weighted by Crippen LogP contribution is -2.53. The minimum absolute atomic E-state index is 0.0362. The molecule has 1 amide bonds. The number of rotatable bonds is 1. The summed E-state index contributed by atoms with van der Waals surface area (Å²) in [5, 5.41) is 10.3. The van der Waals surface area contributed by atoms with Gasteiger partial charge in [0, 0.05) is 12.7 Å². The first-order valence-corrected chi connectivity index (χ1v) is 17.4. The lowest BCUT2D eigenvalue weighted by Gasteiger charge is -2.30. The molecule has 16 nitrogen and oxygen atoms in total. The van der Waals surface area contributed by atoms with Crippen LogP contribution in [0, 0.1) is 5.41 Å². The number of carbonyl (C=O) groups excluding carboxylic acids is 1. The zero-order valence-corrected chi connectivity index (χ0v) is 24.7. The maximum atomic E-state index is 15.8. The van der Waals surface area contributed by atoms with Crippen molar-refractivity contribution in [1.82, 2.24) is 24.8 Å². The zero-order valence-electron chi connectivity index (χ0n) is 20.4. The number of ether oxygens (including phenoxy) is 1. The molecular weight excluding hydrogens is 649 g/mol. The molecule has 0 saturated carbocycles. The average Bonchev–Trinajstić information content (AvgIpc) is 3.55. The minimum Gasteiger partial charge on any atom is -0.346 e. The highest BCUT2D eigenvalue weighted by atomic mass is 35.5. The third kappa shape index (κ3) is 5.86. The first-order chi connectivity index (χ1) is 19.4. The van der Waals surface area contributed by atoms with Crippen LogP contribution in [0.5, 0.6) is 0 Å². The molecule has 3 N–H and O–H groups in total. The van der Waals surface area contributed by atoms with E-state index >= 15 is 4.39 Å². The molecule has 220 valence electrons. The standard InChI is InChI=1S/C19H20ClFN8O8P2S2/c20-8-3-9-15(23-4-8)28-1-2-33-38(31,40)34-5-10-12(21)14(37-39(32,41)35-6-11(28)25-9)18(36-10)29-7-24-13-16(29)26-19(22)27-17(13)30/h3-4,7,10,12-14,18H,1-2,5-6H2,(H,31,40)(H,32,41)(H2,22,27,30)/t10-,12+,13?,14-,18+,38?,39?/m1/s1. The van der Waals surface area contributed by atoms with E-state index in [9.17, 15) is 14.3 Å². The molecule has 2 aromatic rings. The van der Waals surface area contributed by atoms with E-state index in [1.807, 2.05) is 0 Å². The first kappa shape index (κ1) is 29.2. The number of hydrogen-bond acceptors (Lipinski definition) is 13. The van der Waals surface area contributed by atoms with Crippen molar-refractivity contribution in [2.75, 3.05) is 13.2 Å². The van der Waals surface area contributed by atoms with Crippen molar-refractivity contribution in [3.05, 3.63) is 23.1 Å². The van der Waals surface area contributed by atoms with Crippen molar-refractivity contribution in [2.24, 2.45) is 9.98 Å². The summed E-state index contributed by atoms with van der Waals surface area (Å²) in [6, 6.07) is 0.442. The number of guanidine groups is 1. The van der Waals surface area contributed by atoms with Crippen LogP contribution in [-0.2, 0) is 57.1 Å². The lowest BCUT2D eigenvalue weighted by atomic mass is 10.1. The minimum atomic E-state index is -4.32. The van der Waals surface area contributed by atoms with Gasteiger partial charge in [0.05, 0.1) is 24.6 Å². The van der Waals surface area contributed by atoms with Crippen molar-refractivity contribution in [3.8, 4) is 0 Å². The molecule has 2 aromatic heterocycles. The highest BCUT2D eigenvalue weighted by molar-refractivity contribution is 8.44. The monoisotopic (exact) mass is 668 g/mol. The maximum absolute atomic E-state index is 15.8. The predicted octanol–water partition coefficient (Wildman–Crippen LogP) is 1.53. The molecule has 0 aromatic carbocycles. The molecule has 0 aliphatic carbocycles. The number of thiol groups is 1. The van der Waals surface area contributed by atoms with Gasteiger partial charge in [-0.15, -0.1) is 0 Å². The average molecular weight is 669 g/mol. The Morgan fingerprint density at radius 3 is 2.95 bits per heavy atom. The van der Waals surface area contributed by atoms with Crippen molar-refractivity contribution < 1.29 is 41.5 Å². The number of aliphatic imine (C=N–C) groups is 2. The van der Waals surface area contributed by atoms with E-state index in [1.54, 1.807) is 10.6 Å². The molecule has 6 heterocycles. The quantitative estimate of drug-likeness (QED) is 0.253. The van der Waals surface area contributed by atoms with E-state index in [1.165, 1.54) is 17.4 Å². The van der Waals surface area contributed by atoms with E-state index in [0.717, 1.165) is 0 Å². The summed E-state index contributed by atoms with van der Waals surface area (Å²) < 4.78 is 58.5. The van der Waals surface area contributed by atoms with Crippen molar-refractivity contribution in [1.29, 1.82) is 5.41 Å². The van der Waals surface area contributed by atoms with Gasteiger partial charge in [-0.25, -0.2) is 18.9 Å². The molecule has 7 atom stereocenters. The maximum Gasteiger partial charge on any atom is 0.387 e. The van der Waals surface area contributed by atoms with Crippen LogP contribution in [0.2, 0.25) is 5.02 Å². The fourth-order valence-electron chi connectivity index (χ4n) is 4.55. The number of carbonyl (C=O) groups is 1. The van der Waals surface area contributed by atoms with Gasteiger partial charge in [0.15, 0.2) is 29.9 Å². The second-order valence-corrected chi connectivity index (χ2v) is 15.1. The number of alkyl halides is 1. The molecule has 22 heteroatoms. The van der Waals surface area contributed by atoms with Gasteiger partial charge in [-0.05, 0) is 17.9 Å². The first-order valence-electron chi connectivity index (χ1n) is 11.8. The van der Waals surface area contributed by atoms with Crippen LogP contribution in [0.4, 0.5) is 4.39 Å². The predicted molar refractivity (Wildman–Crippen MR) is 148 cm³/mol. The topological polar surface area (TPSA) is 195 Å². The number of nitrogens with one attached hydrogen (secondary N) is 2. The summed E-state index contributed by atoms with van der Waals surface area (Å²) in [5.74, 6) is -0.896. The van der Waals surface area contributed by atoms with Crippen molar-refractivity contribution in [3.63, 3.8) is 0 Å². The Bertz CT molecular complexity index is 1600. The van der Waals surface area contributed by atoms with Crippen molar-refractivity contribution >= 4 is 84.4 Å². The Labute approximate surface area is 245 Å². The molecule has 1 fully saturated rings.